The van der Waals surface area contributed by atoms with Gasteiger partial charge in [0.15, 0.2) is 11.3 Å². The molecule has 13 heteroatoms. The lowest BCUT2D eigenvalue weighted by Crippen LogP contribution is -2.34. The molecule has 186 valence electrons. The number of carbonyl (C=O) groups excluding carboxylic acids is 2. The van der Waals surface area contributed by atoms with Gasteiger partial charge in [-0.05, 0) is 32.9 Å². The molecule has 4 rings (SSSR count). The maximum Gasteiger partial charge on any atom is 0.414 e. The number of hydrogen-bond acceptors (Lipinski definition) is 11. The first-order valence-electron chi connectivity index (χ1n) is 10.7. The first-order valence-corrected chi connectivity index (χ1v) is 10.7. The minimum Gasteiger partial charge on any atom is -0.463 e. The molecule has 0 unspecified atom stereocenters. The standard InChI is InChI=1S/C23H23N7O6/c1-23(2,3)35-22(33)29(4)13-12-14(26-17-16(13)28-36-18(17)21(32)34-5)27-19-20(31)30(11-10-25-19)15-8-6-7-9-24-15/h6-12H,1-5H3,(H,25,26,27). The van der Waals surface area contributed by atoms with Gasteiger partial charge in [0.05, 0.1) is 12.8 Å². The lowest BCUT2D eigenvalue weighted by Gasteiger charge is -2.24. The van der Waals surface area contributed by atoms with Crippen molar-refractivity contribution in [3.05, 3.63) is 59.0 Å². The van der Waals surface area contributed by atoms with E-state index in [-0.39, 0.29) is 34.1 Å². The zero-order valence-electron chi connectivity index (χ0n) is 20.2. The highest BCUT2D eigenvalue weighted by Crippen LogP contribution is 2.31. The average Bonchev–Trinajstić information content (AvgIpc) is 3.27. The molecule has 4 aromatic rings. The second-order valence-electron chi connectivity index (χ2n) is 8.53. The summed E-state index contributed by atoms with van der Waals surface area (Å²) in [6.07, 6.45) is 3.77. The SMILES string of the molecule is COC(=O)c1onc2c(N(C)C(=O)OC(C)(C)C)cc(Nc3nccn(-c4ccccn4)c3=O)nc12. The van der Waals surface area contributed by atoms with Crippen molar-refractivity contribution in [2.24, 2.45) is 0 Å². The summed E-state index contributed by atoms with van der Waals surface area (Å²) in [5, 5.41) is 6.75. The minimum atomic E-state index is -0.816. The molecule has 1 N–H and O–H groups in total. The number of esters is 1. The number of ether oxygens (including phenoxy) is 2. The summed E-state index contributed by atoms with van der Waals surface area (Å²) >= 11 is 0. The first kappa shape index (κ1) is 24.3. The van der Waals surface area contributed by atoms with Crippen LogP contribution in [0.1, 0.15) is 31.3 Å². The molecular formula is C23H23N7O6. The Morgan fingerprint density at radius 3 is 2.58 bits per heavy atom. The number of fused-ring (bicyclic) bond motifs is 1. The van der Waals surface area contributed by atoms with E-state index in [1.54, 1.807) is 45.2 Å². The van der Waals surface area contributed by atoms with E-state index in [1.807, 2.05) is 0 Å². The van der Waals surface area contributed by atoms with Gasteiger partial charge in [-0.15, -0.1) is 0 Å². The Bertz CT molecular complexity index is 1490. The molecule has 0 fully saturated rings. The topological polar surface area (TPSA) is 155 Å². The van der Waals surface area contributed by atoms with E-state index in [0.29, 0.717) is 5.82 Å². The van der Waals surface area contributed by atoms with Crippen molar-refractivity contribution < 1.29 is 23.6 Å². The highest BCUT2D eigenvalue weighted by molar-refractivity contribution is 6.06. The molecule has 0 atom stereocenters. The summed E-state index contributed by atoms with van der Waals surface area (Å²) in [5.74, 6) is -0.680. The van der Waals surface area contributed by atoms with Crippen LogP contribution in [0.5, 0.6) is 0 Å². The fourth-order valence-corrected chi connectivity index (χ4v) is 3.18. The smallest absolute Gasteiger partial charge is 0.414 e. The summed E-state index contributed by atoms with van der Waals surface area (Å²) in [6, 6.07) is 6.60. The molecule has 0 bridgehead atoms. The van der Waals surface area contributed by atoms with Gasteiger partial charge in [-0.2, -0.15) is 0 Å². The Morgan fingerprint density at radius 2 is 1.92 bits per heavy atom. The average molecular weight is 493 g/mol. The summed E-state index contributed by atoms with van der Waals surface area (Å²) in [4.78, 5) is 51.9. The Labute approximate surface area is 204 Å². The third-order valence-electron chi connectivity index (χ3n) is 4.80. The van der Waals surface area contributed by atoms with Crippen molar-refractivity contribution in [2.75, 3.05) is 24.4 Å². The van der Waals surface area contributed by atoms with Gasteiger partial charge < -0.3 is 19.3 Å². The van der Waals surface area contributed by atoms with E-state index >= 15 is 0 Å². The van der Waals surface area contributed by atoms with Crippen LogP contribution in [0.15, 0.2) is 52.2 Å². The van der Waals surface area contributed by atoms with Crippen LogP contribution in [0.3, 0.4) is 0 Å². The van der Waals surface area contributed by atoms with E-state index in [9.17, 15) is 14.4 Å². The number of methoxy groups -OCH3 is 1. The monoisotopic (exact) mass is 493 g/mol. The van der Waals surface area contributed by atoms with E-state index < -0.39 is 23.2 Å². The predicted octanol–water partition coefficient (Wildman–Crippen LogP) is 3.07. The van der Waals surface area contributed by atoms with Crippen molar-refractivity contribution in [3.63, 3.8) is 0 Å². The summed E-state index contributed by atoms with van der Waals surface area (Å²) in [5.41, 5.74) is -0.931. The van der Waals surface area contributed by atoms with Crippen LogP contribution in [-0.4, -0.2) is 56.5 Å². The van der Waals surface area contributed by atoms with Crippen molar-refractivity contribution >= 4 is 40.4 Å². The maximum atomic E-state index is 13.1. The molecule has 0 aliphatic carbocycles. The largest absolute Gasteiger partial charge is 0.463 e. The van der Waals surface area contributed by atoms with Gasteiger partial charge in [0.25, 0.3) is 11.3 Å². The number of aromatic nitrogens is 5. The third kappa shape index (κ3) is 4.85. The number of carbonyl (C=O) groups is 2. The van der Waals surface area contributed by atoms with Gasteiger partial charge in [0.1, 0.15) is 22.8 Å². The Balaban J connectivity index is 1.81. The summed E-state index contributed by atoms with van der Waals surface area (Å²) in [7, 11) is 2.65. The van der Waals surface area contributed by atoms with Gasteiger partial charge in [-0.3, -0.25) is 14.3 Å². The second kappa shape index (κ2) is 9.44. The molecule has 4 heterocycles. The van der Waals surface area contributed by atoms with Crippen molar-refractivity contribution in [3.8, 4) is 5.82 Å². The van der Waals surface area contributed by atoms with E-state index in [1.165, 1.54) is 42.1 Å². The van der Waals surface area contributed by atoms with E-state index in [2.05, 4.69) is 25.4 Å². The van der Waals surface area contributed by atoms with Gasteiger partial charge in [0, 0.05) is 31.7 Å². The molecule has 0 aliphatic rings. The number of hydrogen-bond donors (Lipinski definition) is 1. The number of nitrogens with one attached hydrogen (secondary N) is 1. The molecule has 0 spiro atoms. The normalized spacial score (nSPS) is 11.2. The molecule has 0 saturated heterocycles. The molecule has 36 heavy (non-hydrogen) atoms. The van der Waals surface area contributed by atoms with Gasteiger partial charge in [-0.25, -0.2) is 24.5 Å². The van der Waals surface area contributed by atoms with Crippen molar-refractivity contribution in [2.45, 2.75) is 26.4 Å². The second-order valence-corrected chi connectivity index (χ2v) is 8.53. The zero-order valence-corrected chi connectivity index (χ0v) is 20.2. The quantitative estimate of drug-likeness (QED) is 0.408. The number of anilines is 3. The van der Waals surface area contributed by atoms with E-state index in [4.69, 9.17) is 14.0 Å². The van der Waals surface area contributed by atoms with E-state index in [0.717, 1.165) is 0 Å². The van der Waals surface area contributed by atoms with Crippen LogP contribution in [-0.2, 0) is 9.47 Å². The summed E-state index contributed by atoms with van der Waals surface area (Å²) < 4.78 is 16.7. The Kier molecular flexibility index (Phi) is 6.38. The Hall–Kier alpha value is -4.81. The molecular weight excluding hydrogens is 470 g/mol. The molecule has 13 nitrogen and oxygen atoms in total. The molecule has 0 saturated carbocycles. The lowest BCUT2D eigenvalue weighted by molar-refractivity contribution is 0.0554. The first-order chi connectivity index (χ1) is 17.1. The number of nitrogens with zero attached hydrogens (tertiary/aromatic N) is 6. The summed E-state index contributed by atoms with van der Waals surface area (Å²) in [6.45, 7) is 5.19. The van der Waals surface area contributed by atoms with Crippen LogP contribution in [0.4, 0.5) is 22.1 Å². The van der Waals surface area contributed by atoms with Crippen LogP contribution in [0.2, 0.25) is 0 Å². The number of amides is 1. The van der Waals surface area contributed by atoms with Crippen LogP contribution < -0.4 is 15.8 Å². The molecule has 0 radical (unpaired) electrons. The van der Waals surface area contributed by atoms with Crippen LogP contribution in [0, 0.1) is 0 Å². The maximum absolute atomic E-state index is 13.1. The highest BCUT2D eigenvalue weighted by Gasteiger charge is 2.27. The fourth-order valence-electron chi connectivity index (χ4n) is 3.18. The van der Waals surface area contributed by atoms with Gasteiger partial charge in [-0.1, -0.05) is 11.2 Å². The van der Waals surface area contributed by atoms with Crippen LogP contribution >= 0.6 is 0 Å². The zero-order chi connectivity index (χ0) is 26.0. The highest BCUT2D eigenvalue weighted by atomic mass is 16.6. The molecule has 0 aliphatic heterocycles. The molecule has 0 aromatic carbocycles. The predicted molar refractivity (Wildman–Crippen MR) is 129 cm³/mol. The Morgan fingerprint density at radius 1 is 1.14 bits per heavy atom. The third-order valence-corrected chi connectivity index (χ3v) is 4.80. The fraction of sp³-hybridized carbons (Fsp3) is 0.261. The van der Waals surface area contributed by atoms with Gasteiger partial charge >= 0.3 is 12.1 Å². The molecule has 4 aromatic heterocycles. The minimum absolute atomic E-state index is 0.0123. The number of pyridine rings is 2. The van der Waals surface area contributed by atoms with Gasteiger partial charge in [0.2, 0.25) is 0 Å². The molecule has 1 amide bonds. The van der Waals surface area contributed by atoms with Crippen LogP contribution in [0.25, 0.3) is 16.9 Å². The van der Waals surface area contributed by atoms with Crippen molar-refractivity contribution in [1.29, 1.82) is 0 Å². The lowest BCUT2D eigenvalue weighted by atomic mass is 10.2. The van der Waals surface area contributed by atoms with Crippen molar-refractivity contribution in [1.82, 2.24) is 24.7 Å². The number of rotatable bonds is 5.